The average Bonchev–Trinajstić information content (AvgIpc) is 2.74. The second kappa shape index (κ2) is 13.6. The molecule has 0 saturated carbocycles. The molecule has 8 nitrogen and oxygen atoms in total. The van der Waals surface area contributed by atoms with Gasteiger partial charge in [-0.25, -0.2) is 0 Å². The van der Waals surface area contributed by atoms with Crippen LogP contribution in [0.25, 0.3) is 0 Å². The van der Waals surface area contributed by atoms with Gasteiger partial charge in [-0.2, -0.15) is 0 Å². The van der Waals surface area contributed by atoms with E-state index in [9.17, 15) is 9.59 Å². The molecule has 0 N–H and O–H groups in total. The Kier molecular flexibility index (Phi) is 11.6. The van der Waals surface area contributed by atoms with E-state index < -0.39 is 17.4 Å². The van der Waals surface area contributed by atoms with E-state index in [1.165, 1.54) is 0 Å². The molecule has 0 aromatic rings. The number of hydrogen-bond acceptors (Lipinski definition) is 8. The van der Waals surface area contributed by atoms with Crippen molar-refractivity contribution in [2.45, 2.75) is 66.2 Å². The highest BCUT2D eigenvalue weighted by Gasteiger charge is 2.47. The molecular formula is C25H44O8. The predicted octanol–water partition coefficient (Wildman–Crippen LogP) is 3.55. The number of ether oxygens (including phenoxy) is 6. The molecule has 2 rings (SSSR count). The van der Waals surface area contributed by atoms with Crippen molar-refractivity contribution in [1.82, 2.24) is 0 Å². The van der Waals surface area contributed by atoms with Crippen LogP contribution in [0.2, 0.25) is 0 Å². The fraction of sp³-hybridized carbons (Fsp3) is 0.920. The van der Waals surface area contributed by atoms with Crippen molar-refractivity contribution in [3.05, 3.63) is 0 Å². The van der Waals surface area contributed by atoms with Gasteiger partial charge in [-0.05, 0) is 52.4 Å². The fourth-order valence-electron chi connectivity index (χ4n) is 4.12. The molecule has 192 valence electrons. The third kappa shape index (κ3) is 8.50. The van der Waals surface area contributed by atoms with Crippen molar-refractivity contribution >= 4 is 11.9 Å². The molecule has 2 aliphatic rings. The van der Waals surface area contributed by atoms with Gasteiger partial charge >= 0.3 is 11.9 Å². The number of unbranched alkanes of at least 4 members (excludes halogenated alkanes) is 2. The molecule has 2 aliphatic heterocycles. The second-order valence-corrected chi connectivity index (χ2v) is 10.1. The highest BCUT2D eigenvalue weighted by atomic mass is 16.6. The molecule has 0 unspecified atom stereocenters. The molecule has 2 fully saturated rings. The van der Waals surface area contributed by atoms with Gasteiger partial charge in [0.25, 0.3) is 0 Å². The van der Waals surface area contributed by atoms with Crippen LogP contribution in [0.15, 0.2) is 0 Å². The van der Waals surface area contributed by atoms with E-state index in [4.69, 9.17) is 28.4 Å². The van der Waals surface area contributed by atoms with Gasteiger partial charge in [-0.15, -0.1) is 0 Å². The van der Waals surface area contributed by atoms with Crippen molar-refractivity contribution in [2.75, 3.05) is 66.1 Å². The molecule has 0 spiro atoms. The smallest absolute Gasteiger partial charge is 0.323 e. The Hall–Kier alpha value is -1.22. The minimum Gasteiger partial charge on any atom is -0.465 e. The Balaban J connectivity index is 1.83. The maximum atomic E-state index is 13.0. The van der Waals surface area contributed by atoms with Crippen LogP contribution in [0.4, 0.5) is 0 Å². The van der Waals surface area contributed by atoms with Gasteiger partial charge in [0.05, 0.1) is 52.9 Å². The van der Waals surface area contributed by atoms with Crippen LogP contribution >= 0.6 is 0 Å². The van der Waals surface area contributed by atoms with Gasteiger partial charge in [0.15, 0.2) is 5.41 Å². The van der Waals surface area contributed by atoms with Gasteiger partial charge in [0, 0.05) is 24.0 Å². The minimum atomic E-state index is -1.27. The first-order valence-electron chi connectivity index (χ1n) is 12.4. The Labute approximate surface area is 198 Å². The monoisotopic (exact) mass is 472 g/mol. The highest BCUT2D eigenvalue weighted by molar-refractivity contribution is 6.00. The lowest BCUT2D eigenvalue weighted by atomic mass is 9.78. The summed E-state index contributed by atoms with van der Waals surface area (Å²) in [5.74, 6) is -0.966. The summed E-state index contributed by atoms with van der Waals surface area (Å²) in [5.41, 5.74) is -1.04. The Morgan fingerprint density at radius 1 is 0.727 bits per heavy atom. The van der Waals surface area contributed by atoms with Gasteiger partial charge in [0.2, 0.25) is 0 Å². The maximum Gasteiger partial charge on any atom is 0.323 e. The van der Waals surface area contributed by atoms with Crippen LogP contribution in [-0.2, 0) is 38.0 Å². The predicted molar refractivity (Wildman–Crippen MR) is 123 cm³/mol. The molecule has 0 aromatic carbocycles. The van der Waals surface area contributed by atoms with E-state index in [0.717, 1.165) is 39.3 Å². The Morgan fingerprint density at radius 2 is 1.12 bits per heavy atom. The third-order valence-corrected chi connectivity index (χ3v) is 6.32. The quantitative estimate of drug-likeness (QED) is 0.170. The summed E-state index contributed by atoms with van der Waals surface area (Å²) in [4.78, 5) is 25.9. The number of rotatable bonds is 18. The van der Waals surface area contributed by atoms with Crippen molar-refractivity contribution in [2.24, 2.45) is 16.2 Å². The SMILES string of the molecule is CCOC(=O)C(CCCCOCC1(C)COC1)(CCCCOCC1(C)COC1)C(=O)OCC. The first-order chi connectivity index (χ1) is 15.8. The van der Waals surface area contributed by atoms with Crippen molar-refractivity contribution in [3.8, 4) is 0 Å². The molecule has 0 bridgehead atoms. The van der Waals surface area contributed by atoms with Crippen LogP contribution in [0, 0.1) is 16.2 Å². The zero-order chi connectivity index (χ0) is 24.2. The van der Waals surface area contributed by atoms with Crippen LogP contribution in [0.1, 0.15) is 66.2 Å². The van der Waals surface area contributed by atoms with E-state index >= 15 is 0 Å². The largest absolute Gasteiger partial charge is 0.465 e. The Bertz CT molecular complexity index is 545. The zero-order valence-corrected chi connectivity index (χ0v) is 21.1. The normalized spacial score (nSPS) is 18.8. The number of esters is 2. The molecule has 0 radical (unpaired) electrons. The van der Waals surface area contributed by atoms with E-state index in [0.29, 0.717) is 52.1 Å². The lowest BCUT2D eigenvalue weighted by Crippen LogP contribution is -2.43. The average molecular weight is 473 g/mol. The van der Waals surface area contributed by atoms with Gasteiger partial charge in [0.1, 0.15) is 0 Å². The first kappa shape index (κ1) is 28.0. The van der Waals surface area contributed by atoms with Crippen LogP contribution < -0.4 is 0 Å². The number of carbonyl (C=O) groups is 2. The summed E-state index contributed by atoms with van der Waals surface area (Å²) in [5, 5.41) is 0. The zero-order valence-electron chi connectivity index (χ0n) is 21.1. The number of carbonyl (C=O) groups excluding carboxylic acids is 2. The van der Waals surface area contributed by atoms with Crippen LogP contribution in [-0.4, -0.2) is 78.0 Å². The standard InChI is InChI=1S/C25H44O8/c1-5-32-21(26)25(22(27)33-6-2,11-7-9-13-28-15-23(3)17-30-18-23)12-8-10-14-29-16-24(4)19-31-20-24/h5-20H2,1-4H3. The van der Waals surface area contributed by atoms with Crippen LogP contribution in [0.5, 0.6) is 0 Å². The first-order valence-corrected chi connectivity index (χ1v) is 12.4. The van der Waals surface area contributed by atoms with Crippen molar-refractivity contribution in [1.29, 1.82) is 0 Å². The minimum absolute atomic E-state index is 0.116. The summed E-state index contributed by atoms with van der Waals surface area (Å²) < 4.78 is 32.8. The third-order valence-electron chi connectivity index (χ3n) is 6.32. The molecular weight excluding hydrogens is 428 g/mol. The van der Waals surface area contributed by atoms with E-state index in [1.54, 1.807) is 13.8 Å². The molecule has 0 aliphatic carbocycles. The van der Waals surface area contributed by atoms with Gasteiger partial charge in [-0.1, -0.05) is 13.8 Å². The Morgan fingerprint density at radius 3 is 1.42 bits per heavy atom. The topological polar surface area (TPSA) is 89.5 Å². The van der Waals surface area contributed by atoms with E-state index in [2.05, 4.69) is 13.8 Å². The van der Waals surface area contributed by atoms with Gasteiger partial charge in [-0.3, -0.25) is 9.59 Å². The summed E-state index contributed by atoms with van der Waals surface area (Å²) >= 11 is 0. The maximum absolute atomic E-state index is 13.0. The van der Waals surface area contributed by atoms with E-state index in [-0.39, 0.29) is 24.0 Å². The summed E-state index contributed by atoms with van der Waals surface area (Å²) in [7, 11) is 0. The molecule has 2 saturated heterocycles. The summed E-state index contributed by atoms with van der Waals surface area (Å²) in [6, 6.07) is 0. The summed E-state index contributed by atoms with van der Waals surface area (Å²) in [6.45, 7) is 13.7. The second-order valence-electron chi connectivity index (χ2n) is 10.1. The highest BCUT2D eigenvalue weighted by Crippen LogP contribution is 2.35. The fourth-order valence-corrected chi connectivity index (χ4v) is 4.12. The lowest BCUT2D eigenvalue weighted by molar-refractivity contribution is -0.174. The van der Waals surface area contributed by atoms with Crippen molar-refractivity contribution < 1.29 is 38.0 Å². The molecule has 2 heterocycles. The number of hydrogen-bond donors (Lipinski definition) is 0. The summed E-state index contributed by atoms with van der Waals surface area (Å²) in [6.07, 6.45) is 3.68. The molecule has 8 heteroatoms. The molecule has 0 aromatic heterocycles. The van der Waals surface area contributed by atoms with Crippen molar-refractivity contribution in [3.63, 3.8) is 0 Å². The molecule has 0 amide bonds. The van der Waals surface area contributed by atoms with E-state index in [1.807, 2.05) is 0 Å². The van der Waals surface area contributed by atoms with Crippen LogP contribution in [0.3, 0.4) is 0 Å². The molecule has 0 atom stereocenters. The molecule has 33 heavy (non-hydrogen) atoms. The van der Waals surface area contributed by atoms with Gasteiger partial charge < -0.3 is 28.4 Å². The lowest BCUT2D eigenvalue weighted by Gasteiger charge is -2.37.